The predicted molar refractivity (Wildman–Crippen MR) is 242 cm³/mol. The first-order valence-electron chi connectivity index (χ1n) is 20.4. The lowest BCUT2D eigenvalue weighted by Gasteiger charge is -2.16. The molecule has 14 heteroatoms. The largest absolute Gasteiger partial charge is 0.489 e. The van der Waals surface area contributed by atoms with Gasteiger partial charge in [0.05, 0.1) is 28.0 Å². The van der Waals surface area contributed by atoms with E-state index >= 15 is 0 Å². The summed E-state index contributed by atoms with van der Waals surface area (Å²) in [6, 6.07) is 27.6. The smallest absolute Gasteiger partial charge is 0.416 e. The van der Waals surface area contributed by atoms with Crippen LogP contribution in [0.15, 0.2) is 147 Å². The number of hydrogen-bond donors (Lipinski definition) is 0. The third kappa shape index (κ3) is 11.1. The molecule has 2 amide bonds. The number of alkyl halides is 6. The van der Waals surface area contributed by atoms with Gasteiger partial charge in [0.2, 0.25) is 11.8 Å². The molecular weight excluding hydrogens is 861 g/mol. The summed E-state index contributed by atoms with van der Waals surface area (Å²) in [5.74, 6) is 2.86. The van der Waals surface area contributed by atoms with E-state index in [0.29, 0.717) is 54.1 Å². The average Bonchev–Trinajstić information content (AvgIpc) is 4.07. The van der Waals surface area contributed by atoms with Gasteiger partial charge < -0.3 is 19.3 Å². The number of anilines is 2. The molecule has 0 saturated heterocycles. The van der Waals surface area contributed by atoms with Crippen molar-refractivity contribution in [3.63, 3.8) is 0 Å². The molecule has 6 aromatic rings. The molecule has 0 spiro atoms. The van der Waals surface area contributed by atoms with Gasteiger partial charge in [-0.1, -0.05) is 67.6 Å². The molecule has 8 rings (SSSR count). The Morgan fingerprint density at radius 1 is 0.652 bits per heavy atom. The Hall–Kier alpha value is -7.79. The maximum Gasteiger partial charge on any atom is 0.416 e. The molecule has 0 bridgehead atoms. The minimum Gasteiger partial charge on any atom is -0.489 e. The quantitative estimate of drug-likeness (QED) is 0.0820. The fourth-order valence-electron chi connectivity index (χ4n) is 7.58. The van der Waals surface area contributed by atoms with Crippen LogP contribution in [-0.4, -0.2) is 35.4 Å². The van der Waals surface area contributed by atoms with Gasteiger partial charge in [-0.3, -0.25) is 19.0 Å². The van der Waals surface area contributed by atoms with E-state index in [1.807, 2.05) is 36.4 Å². The number of aromatic nitrogens is 1. The van der Waals surface area contributed by atoms with Gasteiger partial charge in [0.25, 0.3) is 5.91 Å². The standard InChI is InChI=1S/C21H16F3NO2.C20H18F3NO2.C11H9NO/c1-3-14-10-15(12-16(11-14)21(22,23)24)13-27-19-7-5-6-18-17(19)8-9-25(18)20(26)4-2;1-3-19(25)24-8-7-16-17(24)5-4-6-18(16)26-12-14-9-13(2)10-15(11-14)20(21,22)23;1-2-11(13)12-8-7-9-5-3-4-6-10(9)12/h1,4-7,10-12H,2,8-9,13H2;3-6,9-11H,1,7-8,12H2,2H3;2-8H,1H2. The zero-order valence-electron chi connectivity index (χ0n) is 35.7. The normalized spacial score (nSPS) is 12.6. The van der Waals surface area contributed by atoms with E-state index < -0.39 is 23.5 Å². The summed E-state index contributed by atoms with van der Waals surface area (Å²) < 4.78 is 91.1. The molecule has 0 unspecified atom stereocenters. The second-order valence-electron chi connectivity index (χ2n) is 15.0. The Balaban J connectivity index is 0.000000173. The number of fused-ring (bicyclic) bond motifs is 3. The molecule has 1 aromatic heterocycles. The molecule has 0 radical (unpaired) electrons. The zero-order chi connectivity index (χ0) is 47.8. The van der Waals surface area contributed by atoms with E-state index in [1.165, 1.54) is 24.3 Å². The Kier molecular flexibility index (Phi) is 14.7. The Bertz CT molecular complexity index is 2870. The topological polar surface area (TPSA) is 81.1 Å². The Morgan fingerprint density at radius 2 is 1.15 bits per heavy atom. The van der Waals surface area contributed by atoms with Crippen molar-refractivity contribution in [1.82, 2.24) is 4.57 Å². The second-order valence-corrected chi connectivity index (χ2v) is 15.0. The van der Waals surface area contributed by atoms with Gasteiger partial charge in [-0.15, -0.1) is 6.42 Å². The molecule has 0 fully saturated rings. The maximum absolute atomic E-state index is 13.0. The van der Waals surface area contributed by atoms with Crippen molar-refractivity contribution in [2.75, 3.05) is 22.9 Å². The van der Waals surface area contributed by atoms with Crippen LogP contribution in [0.5, 0.6) is 11.5 Å². The highest BCUT2D eigenvalue weighted by Crippen LogP contribution is 2.38. The lowest BCUT2D eigenvalue weighted by molar-refractivity contribution is -0.138. The second kappa shape index (κ2) is 20.4. The molecule has 0 saturated carbocycles. The predicted octanol–water partition coefficient (Wildman–Crippen LogP) is 11.5. The van der Waals surface area contributed by atoms with Crippen molar-refractivity contribution in [3.05, 3.63) is 192 Å². The van der Waals surface area contributed by atoms with E-state index in [1.54, 1.807) is 63.9 Å². The lowest BCUT2D eigenvalue weighted by atomic mass is 10.1. The zero-order valence-corrected chi connectivity index (χ0v) is 35.7. The Labute approximate surface area is 377 Å². The molecule has 2 aliphatic heterocycles. The number of halogens is 6. The van der Waals surface area contributed by atoms with Crippen LogP contribution >= 0.6 is 0 Å². The van der Waals surface area contributed by atoms with Gasteiger partial charge in [-0.05, 0) is 116 Å². The van der Waals surface area contributed by atoms with Crippen molar-refractivity contribution >= 4 is 40.0 Å². The monoisotopic (exact) mass is 903 g/mol. The summed E-state index contributed by atoms with van der Waals surface area (Å²) in [5.41, 5.74) is 4.09. The van der Waals surface area contributed by atoms with E-state index in [4.69, 9.17) is 15.9 Å². The number of carbonyl (C=O) groups is 3. The first-order valence-corrected chi connectivity index (χ1v) is 20.4. The van der Waals surface area contributed by atoms with Crippen LogP contribution < -0.4 is 19.3 Å². The van der Waals surface area contributed by atoms with Crippen LogP contribution in [0.4, 0.5) is 37.7 Å². The van der Waals surface area contributed by atoms with Crippen molar-refractivity contribution < 1.29 is 50.2 Å². The summed E-state index contributed by atoms with van der Waals surface area (Å²) >= 11 is 0. The van der Waals surface area contributed by atoms with E-state index in [0.717, 1.165) is 57.7 Å². The van der Waals surface area contributed by atoms with Crippen LogP contribution in [0.1, 0.15) is 49.3 Å². The molecular formula is C52H43F6N3O5. The summed E-state index contributed by atoms with van der Waals surface area (Å²) in [4.78, 5) is 38.3. The first kappa shape index (κ1) is 47.7. The number of carbonyl (C=O) groups excluding carboxylic acids is 3. The van der Waals surface area contributed by atoms with E-state index in [9.17, 15) is 40.7 Å². The number of terminal acetylenes is 1. The molecule has 8 nitrogen and oxygen atoms in total. The maximum atomic E-state index is 13.0. The number of allylic oxidation sites excluding steroid dienone is 1. The number of hydrogen-bond acceptors (Lipinski definition) is 5. The lowest BCUT2D eigenvalue weighted by Crippen LogP contribution is -2.26. The molecule has 0 atom stereocenters. The molecule has 5 aromatic carbocycles. The van der Waals surface area contributed by atoms with Crippen LogP contribution in [0.3, 0.4) is 0 Å². The van der Waals surface area contributed by atoms with Crippen LogP contribution in [0, 0.1) is 19.3 Å². The van der Waals surface area contributed by atoms with Crippen molar-refractivity contribution in [2.45, 2.75) is 45.3 Å². The van der Waals surface area contributed by atoms with Gasteiger partial charge in [-0.25, -0.2) is 0 Å². The minimum atomic E-state index is -4.48. The number of aryl methyl sites for hydroxylation is 1. The van der Waals surface area contributed by atoms with Gasteiger partial charge >= 0.3 is 12.4 Å². The first-order chi connectivity index (χ1) is 31.4. The SMILES string of the molecule is C#Cc1cc(COc2cccc3c2CCN3C(=O)C=C)cc(C(F)(F)F)c1.C=CC(=O)N1CCc2c(OCc3cc(C)cc(C(F)(F)F)c3)cccc21.C=CC(=O)n1ccc2ccccc21. The van der Waals surface area contributed by atoms with Crippen molar-refractivity contribution in [3.8, 4) is 23.8 Å². The summed E-state index contributed by atoms with van der Waals surface area (Å²) in [6.07, 6.45) is 3.19. The number of rotatable bonds is 9. The fraction of sp³-hybridized carbons (Fsp3) is 0.173. The highest BCUT2D eigenvalue weighted by Gasteiger charge is 2.33. The number of nitrogens with zero attached hydrogens (tertiary/aromatic N) is 3. The van der Waals surface area contributed by atoms with Crippen molar-refractivity contribution in [2.24, 2.45) is 0 Å². The number of para-hydroxylation sites is 1. The molecule has 3 heterocycles. The molecule has 66 heavy (non-hydrogen) atoms. The van der Waals surface area contributed by atoms with Gasteiger partial charge in [0.15, 0.2) is 0 Å². The number of benzene rings is 5. The number of amides is 2. The minimum absolute atomic E-state index is 0.0244. The average molecular weight is 904 g/mol. The summed E-state index contributed by atoms with van der Waals surface area (Å²) in [7, 11) is 0. The summed E-state index contributed by atoms with van der Waals surface area (Å²) in [5, 5.41) is 1.07. The van der Waals surface area contributed by atoms with Gasteiger partial charge in [0.1, 0.15) is 24.7 Å². The Morgan fingerprint density at radius 3 is 1.65 bits per heavy atom. The van der Waals surface area contributed by atoms with Crippen LogP contribution in [0.2, 0.25) is 0 Å². The van der Waals surface area contributed by atoms with Crippen molar-refractivity contribution in [1.29, 1.82) is 0 Å². The molecule has 0 N–H and O–H groups in total. The van der Waals surface area contributed by atoms with Crippen LogP contribution in [0.25, 0.3) is 10.9 Å². The van der Waals surface area contributed by atoms with Gasteiger partial charge in [-0.2, -0.15) is 26.3 Å². The van der Waals surface area contributed by atoms with Crippen LogP contribution in [-0.2, 0) is 48.0 Å². The third-order valence-electron chi connectivity index (χ3n) is 10.6. The fourth-order valence-corrected chi connectivity index (χ4v) is 7.58. The highest BCUT2D eigenvalue weighted by molar-refractivity contribution is 6.03. The van der Waals surface area contributed by atoms with E-state index in [-0.39, 0.29) is 36.5 Å². The molecule has 338 valence electrons. The molecule has 2 aliphatic rings. The third-order valence-corrected chi connectivity index (χ3v) is 10.6. The molecule has 0 aliphatic carbocycles. The van der Waals surface area contributed by atoms with Gasteiger partial charge in [0, 0.05) is 41.4 Å². The number of ether oxygens (including phenoxy) is 2. The highest BCUT2D eigenvalue weighted by atomic mass is 19.4. The summed E-state index contributed by atoms with van der Waals surface area (Å²) in [6.45, 7) is 13.1. The van der Waals surface area contributed by atoms with E-state index in [2.05, 4.69) is 25.7 Å².